The van der Waals surface area contributed by atoms with Crippen molar-refractivity contribution in [3.8, 4) is 0 Å². The lowest BCUT2D eigenvalue weighted by molar-refractivity contribution is -0.224. The third kappa shape index (κ3) is 4.09. The van der Waals surface area contributed by atoms with Crippen LogP contribution in [0.1, 0.15) is 5.56 Å². The summed E-state index contributed by atoms with van der Waals surface area (Å²) in [4.78, 5) is 14.1. The van der Waals surface area contributed by atoms with Gasteiger partial charge in [-0.05, 0) is 5.56 Å². The summed E-state index contributed by atoms with van der Waals surface area (Å²) in [5, 5.41) is 0. The summed E-state index contributed by atoms with van der Waals surface area (Å²) in [5.41, 5.74) is 0.831. The van der Waals surface area contributed by atoms with Crippen molar-refractivity contribution >= 4 is 16.2 Å². The lowest BCUT2D eigenvalue weighted by Gasteiger charge is -2.35. The van der Waals surface area contributed by atoms with E-state index in [4.69, 9.17) is 23.1 Å². The lowest BCUT2D eigenvalue weighted by Crippen LogP contribution is -2.55. The summed E-state index contributed by atoms with van der Waals surface area (Å²) in [6.07, 6.45) is -1.27. The second kappa shape index (κ2) is 7.72. The average Bonchev–Trinajstić information content (AvgIpc) is 3.19. The highest BCUT2D eigenvalue weighted by Crippen LogP contribution is 2.40. The maximum atomic E-state index is 12.7. The molecule has 150 valence electrons. The molecule has 1 amide bonds. The third-order valence-electron chi connectivity index (χ3n) is 4.75. The first-order chi connectivity index (χ1) is 12.8. The molecule has 1 aromatic rings. The molecule has 2 heterocycles. The van der Waals surface area contributed by atoms with Crippen LogP contribution < -0.4 is 0 Å². The largest absolute Gasteiger partial charge is 0.445 e. The molecule has 0 spiro atoms. The molecule has 2 saturated heterocycles. The molecule has 9 nitrogen and oxygen atoms in total. The van der Waals surface area contributed by atoms with E-state index in [1.54, 1.807) is 0 Å². The first-order valence-electron chi connectivity index (χ1n) is 8.37. The van der Waals surface area contributed by atoms with Crippen LogP contribution in [0.2, 0.25) is 0 Å². The van der Waals surface area contributed by atoms with Gasteiger partial charge in [-0.3, -0.25) is 9.08 Å². The van der Waals surface area contributed by atoms with Gasteiger partial charge in [0.2, 0.25) is 5.79 Å². The van der Waals surface area contributed by atoms with Crippen LogP contribution in [-0.4, -0.2) is 77.1 Å². The Morgan fingerprint density at radius 2 is 1.93 bits per heavy atom. The number of amides is 1. The van der Waals surface area contributed by atoms with E-state index in [0.29, 0.717) is 0 Å². The first-order valence-corrected chi connectivity index (χ1v) is 10.2. The van der Waals surface area contributed by atoms with Crippen molar-refractivity contribution < 1.29 is 36.3 Å². The highest BCUT2D eigenvalue weighted by atomic mass is 32.2. The van der Waals surface area contributed by atoms with Crippen molar-refractivity contribution in [2.45, 2.75) is 30.6 Å². The molecular formula is C17H23NO8S. The fourth-order valence-electron chi connectivity index (χ4n) is 3.52. The van der Waals surface area contributed by atoms with E-state index in [9.17, 15) is 13.2 Å². The monoisotopic (exact) mass is 401 g/mol. The maximum Gasteiger partial charge on any atom is 0.410 e. The minimum absolute atomic E-state index is 0.0233. The van der Waals surface area contributed by atoms with Crippen LogP contribution in [0.5, 0.6) is 0 Å². The lowest BCUT2D eigenvalue weighted by atomic mass is 10.1. The van der Waals surface area contributed by atoms with Crippen LogP contribution in [-0.2, 0) is 39.9 Å². The van der Waals surface area contributed by atoms with E-state index in [-0.39, 0.29) is 19.8 Å². The van der Waals surface area contributed by atoms with Gasteiger partial charge in [-0.25, -0.2) is 4.79 Å². The van der Waals surface area contributed by atoms with E-state index in [1.807, 2.05) is 30.3 Å². The Kier molecular flexibility index (Phi) is 5.73. The number of nitrogens with zero attached hydrogens (tertiary/aromatic N) is 1. The average molecular weight is 401 g/mol. The van der Waals surface area contributed by atoms with E-state index in [2.05, 4.69) is 0 Å². The summed E-state index contributed by atoms with van der Waals surface area (Å²) in [5.74, 6) is -1.23. The molecule has 2 aliphatic rings. The molecule has 0 aliphatic carbocycles. The van der Waals surface area contributed by atoms with Crippen molar-refractivity contribution in [3.63, 3.8) is 0 Å². The molecule has 27 heavy (non-hydrogen) atoms. The quantitative estimate of drug-likeness (QED) is 0.508. The van der Waals surface area contributed by atoms with Gasteiger partial charge in [-0.2, -0.15) is 8.42 Å². The van der Waals surface area contributed by atoms with E-state index in [0.717, 1.165) is 11.8 Å². The Morgan fingerprint density at radius 3 is 2.52 bits per heavy atom. The van der Waals surface area contributed by atoms with Crippen molar-refractivity contribution in [2.75, 3.05) is 33.6 Å². The minimum Gasteiger partial charge on any atom is -0.445 e. The summed E-state index contributed by atoms with van der Waals surface area (Å²) in [6.45, 7) is 0.0882. The van der Waals surface area contributed by atoms with Gasteiger partial charge >= 0.3 is 6.09 Å². The number of ether oxygens (including phenoxy) is 4. The SMILES string of the molecule is COC1(OC)COC2C1N(C(=O)OCc1ccccc1)C[C@H]2OS(C)(=O)=O. The molecule has 0 radical (unpaired) electrons. The normalized spacial score (nSPS) is 26.8. The van der Waals surface area contributed by atoms with Crippen molar-refractivity contribution in [1.29, 1.82) is 0 Å². The highest BCUT2D eigenvalue weighted by molar-refractivity contribution is 7.86. The Labute approximate surface area is 158 Å². The Morgan fingerprint density at radius 1 is 1.26 bits per heavy atom. The van der Waals surface area contributed by atoms with Crippen molar-refractivity contribution in [1.82, 2.24) is 4.90 Å². The zero-order valence-corrected chi connectivity index (χ0v) is 16.2. The maximum absolute atomic E-state index is 12.7. The number of carbonyl (C=O) groups excluding carboxylic acids is 1. The van der Waals surface area contributed by atoms with Gasteiger partial charge in [0.05, 0.1) is 12.8 Å². The molecule has 2 fully saturated rings. The Bertz CT molecular complexity index is 764. The number of hydrogen-bond donors (Lipinski definition) is 0. The van der Waals surface area contributed by atoms with E-state index in [1.165, 1.54) is 19.1 Å². The summed E-state index contributed by atoms with van der Waals surface area (Å²) >= 11 is 0. The van der Waals surface area contributed by atoms with Gasteiger partial charge < -0.3 is 18.9 Å². The minimum atomic E-state index is -3.74. The number of carbonyl (C=O) groups is 1. The first kappa shape index (κ1) is 20.0. The number of benzene rings is 1. The fourth-order valence-corrected chi connectivity index (χ4v) is 4.14. The third-order valence-corrected chi connectivity index (χ3v) is 5.34. The molecule has 0 N–H and O–H groups in total. The summed E-state index contributed by atoms with van der Waals surface area (Å²) in [6, 6.07) is 8.52. The zero-order chi connectivity index (χ0) is 19.7. The molecule has 2 aliphatic heterocycles. The smallest absolute Gasteiger partial charge is 0.410 e. The number of likely N-dealkylation sites (tertiary alicyclic amines) is 1. The summed E-state index contributed by atoms with van der Waals surface area (Å²) < 4.78 is 50.3. The molecular weight excluding hydrogens is 378 g/mol. The Hall–Kier alpha value is -1.72. The molecule has 2 unspecified atom stereocenters. The molecule has 0 saturated carbocycles. The van der Waals surface area contributed by atoms with Gasteiger partial charge in [0.15, 0.2) is 0 Å². The zero-order valence-electron chi connectivity index (χ0n) is 15.4. The Balaban J connectivity index is 1.80. The molecule has 3 rings (SSSR count). The molecule has 0 bridgehead atoms. The van der Waals surface area contributed by atoms with Gasteiger partial charge in [0, 0.05) is 14.2 Å². The van der Waals surface area contributed by atoms with Crippen LogP contribution in [0.4, 0.5) is 4.79 Å². The molecule has 10 heteroatoms. The van der Waals surface area contributed by atoms with Crippen molar-refractivity contribution in [2.24, 2.45) is 0 Å². The number of hydrogen-bond acceptors (Lipinski definition) is 8. The van der Waals surface area contributed by atoms with Crippen LogP contribution in [0.15, 0.2) is 30.3 Å². The number of fused-ring (bicyclic) bond motifs is 1. The van der Waals surface area contributed by atoms with E-state index >= 15 is 0 Å². The second-order valence-electron chi connectivity index (χ2n) is 6.47. The van der Waals surface area contributed by atoms with Crippen LogP contribution in [0.25, 0.3) is 0 Å². The van der Waals surface area contributed by atoms with Gasteiger partial charge in [0.25, 0.3) is 10.1 Å². The predicted molar refractivity (Wildman–Crippen MR) is 93.3 cm³/mol. The second-order valence-corrected chi connectivity index (χ2v) is 8.07. The molecule has 1 aromatic carbocycles. The number of rotatable bonds is 6. The van der Waals surface area contributed by atoms with Crippen LogP contribution >= 0.6 is 0 Å². The number of methoxy groups -OCH3 is 2. The van der Waals surface area contributed by atoms with Gasteiger partial charge in [-0.15, -0.1) is 0 Å². The fraction of sp³-hybridized carbons (Fsp3) is 0.588. The standard InChI is InChI=1S/C17H23NO8S/c1-22-17(23-2)11-25-14-13(26-27(3,20)21)9-18(15(14)17)16(19)24-10-12-7-5-4-6-8-12/h4-8,13-15H,9-11H2,1-3H3/t13-,14?,15?/m1/s1. The highest BCUT2D eigenvalue weighted by Gasteiger charge is 2.63. The van der Waals surface area contributed by atoms with Crippen molar-refractivity contribution in [3.05, 3.63) is 35.9 Å². The van der Waals surface area contributed by atoms with Gasteiger partial charge in [0.1, 0.15) is 31.5 Å². The van der Waals surface area contributed by atoms with Crippen LogP contribution in [0, 0.1) is 0 Å². The van der Waals surface area contributed by atoms with Crippen LogP contribution in [0.3, 0.4) is 0 Å². The summed E-state index contributed by atoms with van der Waals surface area (Å²) in [7, 11) is -0.866. The molecule has 3 atom stereocenters. The molecule has 0 aromatic heterocycles. The predicted octanol–water partition coefficient (Wildman–Crippen LogP) is 0.740. The topological polar surface area (TPSA) is 101 Å². The van der Waals surface area contributed by atoms with E-state index < -0.39 is 40.2 Å². The van der Waals surface area contributed by atoms with Gasteiger partial charge in [-0.1, -0.05) is 30.3 Å².